The Labute approximate surface area is 251 Å². The molecule has 13 heteroatoms. The minimum Gasteiger partial charge on any atom is -0.504 e. The van der Waals surface area contributed by atoms with Crippen molar-refractivity contribution in [2.75, 3.05) is 17.3 Å². The molecule has 2 aliphatic rings. The van der Waals surface area contributed by atoms with E-state index >= 15 is 0 Å². The summed E-state index contributed by atoms with van der Waals surface area (Å²) in [6.45, 7) is -0.360. The van der Waals surface area contributed by atoms with Crippen LogP contribution in [0.25, 0.3) is 0 Å². The maximum Gasteiger partial charge on any atom is 0.308 e. The number of hydrogen-bond acceptors (Lipinski definition) is 8. The molecule has 9 nitrogen and oxygen atoms in total. The van der Waals surface area contributed by atoms with Gasteiger partial charge in [-0.15, -0.1) is 0 Å². The predicted molar refractivity (Wildman–Crippen MR) is 157 cm³/mol. The van der Waals surface area contributed by atoms with E-state index in [1.807, 2.05) is 0 Å². The summed E-state index contributed by atoms with van der Waals surface area (Å²) in [5.41, 5.74) is 1.28. The number of nitrogens with zero attached hydrogens (tertiary/aromatic N) is 2. The molecular weight excluding hydrogens is 605 g/mol. The maximum absolute atomic E-state index is 14.0. The normalized spacial score (nSPS) is 19.4. The Morgan fingerprint density at radius 1 is 1.05 bits per heavy atom. The minimum absolute atomic E-state index is 0.108. The number of fused-ring (bicyclic) bond motifs is 2. The lowest BCUT2D eigenvalue weighted by atomic mass is 9.83. The fourth-order valence-electron chi connectivity index (χ4n) is 5.22. The van der Waals surface area contributed by atoms with E-state index in [1.54, 1.807) is 36.4 Å². The summed E-state index contributed by atoms with van der Waals surface area (Å²) in [4.78, 5) is 55.2. The molecule has 6 rings (SSSR count). The summed E-state index contributed by atoms with van der Waals surface area (Å²) in [5.74, 6) is -3.44. The molecule has 4 aromatic rings. The van der Waals surface area contributed by atoms with Gasteiger partial charge in [0.25, 0.3) is 0 Å². The molecular formula is C29H21ClFN3O6S2. The number of halogens is 2. The van der Waals surface area contributed by atoms with Crippen LogP contribution < -0.4 is 19.8 Å². The predicted octanol–water partition coefficient (Wildman–Crippen LogP) is 4.85. The van der Waals surface area contributed by atoms with E-state index in [9.17, 15) is 28.7 Å². The number of anilines is 2. The molecule has 2 N–H and O–H groups in total. The molecule has 0 radical (unpaired) electrons. The molecule has 1 fully saturated rings. The number of methoxy groups -OCH3 is 1. The molecule has 0 aliphatic carbocycles. The number of thiazole rings is 1. The number of nitrogens with one attached hydrogen (secondary N) is 1. The second kappa shape index (κ2) is 10.9. The number of carbonyl (C=O) groups is 3. The number of phenolic OH excluding ortho intramolecular Hbond substituents is 1. The van der Waals surface area contributed by atoms with E-state index in [-0.39, 0.29) is 18.0 Å². The van der Waals surface area contributed by atoms with Crippen LogP contribution in [0, 0.1) is 11.7 Å². The number of rotatable bonds is 6. The van der Waals surface area contributed by atoms with Crippen LogP contribution in [-0.4, -0.2) is 39.8 Å². The van der Waals surface area contributed by atoms with Crippen molar-refractivity contribution in [1.29, 1.82) is 0 Å². The summed E-state index contributed by atoms with van der Waals surface area (Å²) in [5, 5.41) is 12.8. The molecule has 0 saturated carbocycles. The number of imide groups is 1. The van der Waals surface area contributed by atoms with Crippen molar-refractivity contribution in [3.8, 4) is 11.5 Å². The fraction of sp³-hybridized carbons (Fsp3) is 0.172. The first-order valence-electron chi connectivity index (χ1n) is 12.6. The largest absolute Gasteiger partial charge is 0.504 e. The highest BCUT2D eigenvalue weighted by Crippen LogP contribution is 2.54. The Morgan fingerprint density at radius 2 is 1.76 bits per heavy atom. The Morgan fingerprint density at radius 3 is 2.45 bits per heavy atom. The number of phenols is 1. The van der Waals surface area contributed by atoms with Crippen LogP contribution in [0.5, 0.6) is 11.5 Å². The topological polar surface area (TPSA) is 118 Å². The van der Waals surface area contributed by atoms with E-state index < -0.39 is 45.5 Å². The van der Waals surface area contributed by atoms with Gasteiger partial charge in [0.05, 0.1) is 23.7 Å². The van der Waals surface area contributed by atoms with Gasteiger partial charge in [0.15, 0.2) is 11.5 Å². The van der Waals surface area contributed by atoms with Gasteiger partial charge in [-0.3, -0.25) is 23.7 Å². The van der Waals surface area contributed by atoms with Gasteiger partial charge in [-0.25, -0.2) is 9.29 Å². The molecule has 0 spiro atoms. The van der Waals surface area contributed by atoms with Gasteiger partial charge in [0, 0.05) is 21.5 Å². The molecule has 42 heavy (non-hydrogen) atoms. The first-order valence-corrected chi connectivity index (χ1v) is 14.7. The summed E-state index contributed by atoms with van der Waals surface area (Å²) in [7, 11) is 1.39. The van der Waals surface area contributed by atoms with Crippen LogP contribution in [-0.2, 0) is 20.9 Å². The zero-order chi connectivity index (χ0) is 29.7. The summed E-state index contributed by atoms with van der Waals surface area (Å²) in [6.07, 6.45) is 0. The lowest BCUT2D eigenvalue weighted by Crippen LogP contribution is -2.33. The smallest absolute Gasteiger partial charge is 0.308 e. The minimum atomic E-state index is -0.897. The van der Waals surface area contributed by atoms with Crippen LogP contribution >= 0.6 is 34.7 Å². The molecule has 214 valence electrons. The number of ether oxygens (including phenoxy) is 1. The van der Waals surface area contributed by atoms with Crippen molar-refractivity contribution >= 4 is 63.8 Å². The fourth-order valence-corrected chi connectivity index (χ4v) is 8.12. The number of thioether (sulfide) groups is 1. The zero-order valence-corrected chi connectivity index (χ0v) is 24.1. The SMILES string of the molecule is COc1cc(C2c3sc(=O)n(CC(=O)Nc4ccc(F)cc4)c3SC3C(=O)N(c4ccc(Cl)cc4)C(=O)C32)ccc1O. The van der Waals surface area contributed by atoms with Gasteiger partial charge >= 0.3 is 4.87 Å². The molecule has 3 atom stereocenters. The summed E-state index contributed by atoms with van der Waals surface area (Å²) >= 11 is 8.00. The molecule has 3 aromatic carbocycles. The Hall–Kier alpha value is -4.13. The Balaban J connectivity index is 1.43. The van der Waals surface area contributed by atoms with Crippen LogP contribution in [0.15, 0.2) is 76.6 Å². The molecule has 3 amide bonds. The van der Waals surface area contributed by atoms with Gasteiger partial charge in [0.2, 0.25) is 17.7 Å². The highest BCUT2D eigenvalue weighted by Gasteiger charge is 2.57. The number of amides is 3. The maximum atomic E-state index is 14.0. The highest BCUT2D eigenvalue weighted by molar-refractivity contribution is 8.00. The van der Waals surface area contributed by atoms with Crippen molar-refractivity contribution in [2.45, 2.75) is 22.7 Å². The molecule has 1 aromatic heterocycles. The highest BCUT2D eigenvalue weighted by atomic mass is 35.5. The monoisotopic (exact) mass is 625 g/mol. The lowest BCUT2D eigenvalue weighted by Gasteiger charge is -2.31. The van der Waals surface area contributed by atoms with Crippen LogP contribution in [0.2, 0.25) is 5.02 Å². The first-order chi connectivity index (χ1) is 20.2. The number of hydrogen-bond donors (Lipinski definition) is 2. The van der Waals surface area contributed by atoms with E-state index in [1.165, 1.54) is 42.0 Å². The van der Waals surface area contributed by atoms with Crippen molar-refractivity contribution in [3.63, 3.8) is 0 Å². The molecule has 2 aliphatic heterocycles. The van der Waals surface area contributed by atoms with Crippen LogP contribution in [0.1, 0.15) is 16.4 Å². The number of aromatic hydroxyl groups is 1. The number of benzene rings is 3. The van der Waals surface area contributed by atoms with E-state index in [2.05, 4.69) is 5.32 Å². The summed E-state index contributed by atoms with van der Waals surface area (Å²) < 4.78 is 19.9. The lowest BCUT2D eigenvalue weighted by molar-refractivity contribution is -0.122. The van der Waals surface area contributed by atoms with Gasteiger partial charge in [-0.2, -0.15) is 0 Å². The quantitative estimate of drug-likeness (QED) is 0.294. The van der Waals surface area contributed by atoms with Gasteiger partial charge in [-0.05, 0) is 66.2 Å². The van der Waals surface area contributed by atoms with Crippen LogP contribution in [0.3, 0.4) is 0 Å². The molecule has 3 unspecified atom stereocenters. The second-order valence-corrected chi connectivity index (χ2v) is 12.2. The van der Waals surface area contributed by atoms with E-state index in [0.717, 1.165) is 28.0 Å². The van der Waals surface area contributed by atoms with Crippen molar-refractivity contribution in [2.24, 2.45) is 5.92 Å². The molecule has 1 saturated heterocycles. The van der Waals surface area contributed by atoms with Gasteiger partial charge in [0.1, 0.15) is 17.6 Å². The van der Waals surface area contributed by atoms with E-state index in [0.29, 0.717) is 31.9 Å². The zero-order valence-electron chi connectivity index (χ0n) is 21.7. The number of carbonyl (C=O) groups excluding carboxylic acids is 3. The Kier molecular flexibility index (Phi) is 7.29. The molecule has 0 bridgehead atoms. The van der Waals surface area contributed by atoms with Crippen molar-refractivity contribution < 1.29 is 28.6 Å². The van der Waals surface area contributed by atoms with Crippen molar-refractivity contribution in [3.05, 3.63) is 97.7 Å². The average molecular weight is 626 g/mol. The Bertz CT molecular complexity index is 1790. The van der Waals surface area contributed by atoms with Crippen LogP contribution in [0.4, 0.5) is 15.8 Å². The standard InChI is InChI=1S/C29H21ClFN3O6S2/c1-40-20-12-14(2-11-19(20)35)22-23-24(27(38)34(26(23)37)18-9-3-15(30)4-10-18)41-28-25(22)42-29(39)33(28)13-21(36)32-17-7-5-16(31)6-8-17/h2-12,22-24,35H,13H2,1H3,(H,32,36). The van der Waals surface area contributed by atoms with Crippen molar-refractivity contribution in [1.82, 2.24) is 4.57 Å². The summed E-state index contributed by atoms with van der Waals surface area (Å²) in [6, 6.07) is 16.2. The van der Waals surface area contributed by atoms with Gasteiger partial charge in [-0.1, -0.05) is 40.8 Å². The molecule has 3 heterocycles. The number of aromatic nitrogens is 1. The third-order valence-electron chi connectivity index (χ3n) is 7.13. The third kappa shape index (κ3) is 4.85. The van der Waals surface area contributed by atoms with Gasteiger partial charge < -0.3 is 15.2 Å². The first kappa shape index (κ1) is 28.0. The third-order valence-corrected chi connectivity index (χ3v) is 9.98. The van der Waals surface area contributed by atoms with E-state index in [4.69, 9.17) is 16.3 Å². The second-order valence-electron chi connectivity index (χ2n) is 9.64. The average Bonchev–Trinajstić information content (AvgIpc) is 3.41.